The van der Waals surface area contributed by atoms with Gasteiger partial charge in [-0.25, -0.2) is 0 Å². The van der Waals surface area contributed by atoms with Crippen LogP contribution in [0.4, 0.5) is 0 Å². The topological polar surface area (TPSA) is 62.7 Å². The van der Waals surface area contributed by atoms with Crippen molar-refractivity contribution < 1.29 is 14.3 Å². The van der Waals surface area contributed by atoms with E-state index in [0.29, 0.717) is 0 Å². The van der Waals surface area contributed by atoms with Crippen molar-refractivity contribution in [2.45, 2.75) is 26.2 Å². The summed E-state index contributed by atoms with van der Waals surface area (Å²) in [5.41, 5.74) is 7.59. The van der Waals surface area contributed by atoms with E-state index in [2.05, 4.69) is 4.79 Å². The number of carbonyl (C=O) groups is 1. The second kappa shape index (κ2) is 8.11. The van der Waals surface area contributed by atoms with Crippen LogP contribution in [0.25, 0.3) is 5.53 Å². The highest BCUT2D eigenvalue weighted by atomic mass is 16.5. The van der Waals surface area contributed by atoms with Gasteiger partial charge in [-0.1, -0.05) is 0 Å². The van der Waals surface area contributed by atoms with Gasteiger partial charge in [-0.05, 0) is 19.3 Å². The lowest BCUT2D eigenvalue weighted by Gasteiger charge is -2.08. The summed E-state index contributed by atoms with van der Waals surface area (Å²) in [5.74, 6) is -0.252. The van der Waals surface area contributed by atoms with Crippen LogP contribution in [0.5, 0.6) is 0 Å². The zero-order valence-corrected chi connectivity index (χ0v) is 7.32. The molecule has 1 fully saturated rings. The maximum atomic E-state index is 9.73. The lowest BCUT2D eigenvalue weighted by molar-refractivity contribution is -0.114. The van der Waals surface area contributed by atoms with Gasteiger partial charge in [-0.2, -0.15) is 4.79 Å². The molecular formula is C8H14N2O2. The summed E-state index contributed by atoms with van der Waals surface area (Å²) in [7, 11) is 0. The summed E-state index contributed by atoms with van der Waals surface area (Å²) in [4.78, 5) is 12.2. The second-order valence-electron chi connectivity index (χ2n) is 2.53. The molecule has 0 amide bonds. The molecule has 12 heavy (non-hydrogen) atoms. The molecular weight excluding hydrogens is 156 g/mol. The Kier molecular flexibility index (Phi) is 7.44. The van der Waals surface area contributed by atoms with Crippen molar-refractivity contribution in [1.82, 2.24) is 0 Å². The molecule has 1 aliphatic heterocycles. The minimum Gasteiger partial charge on any atom is -0.381 e. The molecule has 1 saturated heterocycles. The average molecular weight is 170 g/mol. The summed E-state index contributed by atoms with van der Waals surface area (Å²) in [6, 6.07) is 0. The molecule has 1 rings (SSSR count). The van der Waals surface area contributed by atoms with E-state index in [0.717, 1.165) is 19.4 Å². The van der Waals surface area contributed by atoms with Crippen LogP contribution >= 0.6 is 0 Å². The van der Waals surface area contributed by atoms with Crippen LogP contribution in [0, 0.1) is 0 Å². The number of Topliss-reactive ketones (excluding diaryl/α,β-unsaturated/α-hetero) is 1. The van der Waals surface area contributed by atoms with Crippen molar-refractivity contribution in [3.8, 4) is 0 Å². The molecule has 0 atom stereocenters. The lowest BCUT2D eigenvalue weighted by atomic mass is 10.2. The van der Waals surface area contributed by atoms with Crippen LogP contribution in [0.1, 0.15) is 26.2 Å². The van der Waals surface area contributed by atoms with Gasteiger partial charge >= 0.3 is 6.21 Å². The zero-order valence-electron chi connectivity index (χ0n) is 7.32. The quantitative estimate of drug-likeness (QED) is 0.335. The smallest absolute Gasteiger partial charge is 0.322 e. The SMILES string of the molecule is C1CCOCC1.CC(=O)C=[N+]=[N-]. The first-order valence-corrected chi connectivity index (χ1v) is 4.03. The Morgan fingerprint density at radius 1 is 1.42 bits per heavy atom. The van der Waals surface area contributed by atoms with Crippen LogP contribution < -0.4 is 0 Å². The molecule has 1 heterocycles. The number of hydrogen-bond acceptors (Lipinski definition) is 2. The first-order valence-electron chi connectivity index (χ1n) is 4.03. The van der Waals surface area contributed by atoms with E-state index in [9.17, 15) is 4.79 Å². The van der Waals surface area contributed by atoms with Gasteiger partial charge in [0.1, 0.15) is 0 Å². The zero-order chi connectivity index (χ0) is 9.23. The maximum absolute atomic E-state index is 9.73. The number of nitrogens with zero attached hydrogens (tertiary/aromatic N) is 2. The fraction of sp³-hybridized carbons (Fsp3) is 0.750. The van der Waals surface area contributed by atoms with Crippen molar-refractivity contribution in [3.05, 3.63) is 5.53 Å². The third-order valence-corrected chi connectivity index (χ3v) is 1.32. The Labute approximate surface area is 72.2 Å². The van der Waals surface area contributed by atoms with Crippen molar-refractivity contribution in [2.24, 2.45) is 0 Å². The monoisotopic (exact) mass is 170 g/mol. The molecule has 0 radical (unpaired) electrons. The standard InChI is InChI=1S/C5H10O.C3H4N2O/c1-2-4-6-5-3-1;1-3(6)2-5-4/h1-5H2;2H,1H3. The third kappa shape index (κ3) is 9.01. The summed E-state index contributed by atoms with van der Waals surface area (Å²) in [6.07, 6.45) is 4.76. The molecule has 4 nitrogen and oxygen atoms in total. The molecule has 0 saturated carbocycles. The first kappa shape index (κ1) is 11.0. The summed E-state index contributed by atoms with van der Waals surface area (Å²) >= 11 is 0. The average Bonchev–Trinajstić information content (AvgIpc) is 2.08. The van der Waals surface area contributed by atoms with Crippen LogP contribution in [0.15, 0.2) is 0 Å². The highest BCUT2D eigenvalue weighted by Crippen LogP contribution is 2.02. The van der Waals surface area contributed by atoms with Crippen LogP contribution in [-0.2, 0) is 9.53 Å². The van der Waals surface area contributed by atoms with E-state index < -0.39 is 0 Å². The molecule has 0 aromatic heterocycles. The van der Waals surface area contributed by atoms with Gasteiger partial charge in [0, 0.05) is 20.1 Å². The Bertz CT molecular complexity index is 158. The van der Waals surface area contributed by atoms with E-state index in [1.54, 1.807) is 0 Å². The Morgan fingerprint density at radius 3 is 2.08 bits per heavy atom. The molecule has 0 bridgehead atoms. The van der Waals surface area contributed by atoms with E-state index >= 15 is 0 Å². The van der Waals surface area contributed by atoms with Gasteiger partial charge in [-0.15, -0.1) is 0 Å². The molecule has 0 aliphatic carbocycles. The number of carbonyl (C=O) groups excluding carboxylic acids is 1. The predicted molar refractivity (Wildman–Crippen MR) is 45.0 cm³/mol. The van der Waals surface area contributed by atoms with Gasteiger partial charge in [0.25, 0.3) is 0 Å². The van der Waals surface area contributed by atoms with Gasteiger partial charge in [0.05, 0.1) is 0 Å². The highest BCUT2D eigenvalue weighted by molar-refractivity contribution is 6.23. The Hall–Kier alpha value is -0.990. The van der Waals surface area contributed by atoms with Gasteiger partial charge < -0.3 is 10.3 Å². The third-order valence-electron chi connectivity index (χ3n) is 1.32. The molecule has 0 unspecified atom stereocenters. The minimum atomic E-state index is -0.252. The normalized spacial score (nSPS) is 15.1. The van der Waals surface area contributed by atoms with Gasteiger partial charge in [-0.3, -0.25) is 4.79 Å². The maximum Gasteiger partial charge on any atom is 0.322 e. The predicted octanol–water partition coefficient (Wildman–Crippen LogP) is 1.06. The number of ketones is 1. The Balaban J connectivity index is 0.000000202. The van der Waals surface area contributed by atoms with Crippen molar-refractivity contribution >= 4 is 12.0 Å². The largest absolute Gasteiger partial charge is 0.381 e. The van der Waals surface area contributed by atoms with Crippen LogP contribution in [0.3, 0.4) is 0 Å². The van der Waals surface area contributed by atoms with Crippen LogP contribution in [-0.4, -0.2) is 30.0 Å². The molecule has 0 aromatic carbocycles. The van der Waals surface area contributed by atoms with Crippen molar-refractivity contribution in [1.29, 1.82) is 0 Å². The molecule has 0 aromatic rings. The number of ether oxygens (including phenoxy) is 1. The molecule has 0 N–H and O–H groups in total. The second-order valence-corrected chi connectivity index (χ2v) is 2.53. The molecule has 4 heteroatoms. The minimum absolute atomic E-state index is 0.252. The summed E-state index contributed by atoms with van der Waals surface area (Å²) in [5, 5.41) is 0. The first-order chi connectivity index (χ1) is 5.77. The fourth-order valence-corrected chi connectivity index (χ4v) is 0.768. The van der Waals surface area contributed by atoms with E-state index in [-0.39, 0.29) is 5.78 Å². The van der Waals surface area contributed by atoms with Gasteiger partial charge in [0.2, 0.25) is 5.78 Å². The summed E-state index contributed by atoms with van der Waals surface area (Å²) in [6.45, 7) is 3.31. The lowest BCUT2D eigenvalue weighted by Crippen LogP contribution is -2.03. The van der Waals surface area contributed by atoms with Crippen molar-refractivity contribution in [3.63, 3.8) is 0 Å². The van der Waals surface area contributed by atoms with E-state index in [1.807, 2.05) is 0 Å². The van der Waals surface area contributed by atoms with Gasteiger partial charge in [0.15, 0.2) is 0 Å². The van der Waals surface area contributed by atoms with E-state index in [1.165, 1.54) is 26.2 Å². The summed E-state index contributed by atoms with van der Waals surface area (Å²) < 4.78 is 5.07. The number of rotatable bonds is 1. The fourth-order valence-electron chi connectivity index (χ4n) is 0.768. The Morgan fingerprint density at radius 2 is 2.00 bits per heavy atom. The van der Waals surface area contributed by atoms with E-state index in [4.69, 9.17) is 10.3 Å². The van der Waals surface area contributed by atoms with Crippen molar-refractivity contribution in [2.75, 3.05) is 13.2 Å². The number of hydrogen-bond donors (Lipinski definition) is 0. The molecule has 0 spiro atoms. The molecule has 68 valence electrons. The van der Waals surface area contributed by atoms with Crippen LogP contribution in [0.2, 0.25) is 0 Å². The highest BCUT2D eigenvalue weighted by Gasteiger charge is 1.95. The molecule has 1 aliphatic rings.